The van der Waals surface area contributed by atoms with Crippen LogP contribution in [0.4, 0.5) is 0 Å². The summed E-state index contributed by atoms with van der Waals surface area (Å²) in [5.74, 6) is -0.0909. The quantitative estimate of drug-likeness (QED) is 0.795. The summed E-state index contributed by atoms with van der Waals surface area (Å²) in [4.78, 5) is 13.6. The van der Waals surface area contributed by atoms with Gasteiger partial charge in [-0.2, -0.15) is 0 Å². The summed E-state index contributed by atoms with van der Waals surface area (Å²) in [6, 6.07) is 0. The molecular formula is C11H24Cl2N2O2. The topological polar surface area (TPSA) is 41.6 Å². The molecule has 1 N–H and O–H groups in total. The van der Waals surface area contributed by atoms with Gasteiger partial charge in [-0.1, -0.05) is 0 Å². The normalized spacial score (nSPS) is 18.8. The summed E-state index contributed by atoms with van der Waals surface area (Å²) in [6.45, 7) is 10.5. The Kier molecular flexibility index (Phi) is 10.2. The Morgan fingerprint density at radius 3 is 2.59 bits per heavy atom. The van der Waals surface area contributed by atoms with E-state index in [9.17, 15) is 4.79 Å². The fraction of sp³-hybridized carbons (Fsp3) is 0.909. The van der Waals surface area contributed by atoms with E-state index in [1.807, 2.05) is 6.92 Å². The molecule has 1 rings (SSSR count). The fourth-order valence-corrected chi connectivity index (χ4v) is 1.90. The van der Waals surface area contributed by atoms with Crippen molar-refractivity contribution in [2.24, 2.45) is 0 Å². The summed E-state index contributed by atoms with van der Waals surface area (Å²) in [5, 5.41) is 3.36. The molecule has 1 heterocycles. The molecule has 0 aromatic rings. The molecule has 0 saturated carbocycles. The summed E-state index contributed by atoms with van der Waals surface area (Å²) in [7, 11) is 0. The summed E-state index contributed by atoms with van der Waals surface area (Å²) in [5.41, 5.74) is 0.144. The van der Waals surface area contributed by atoms with Crippen LogP contribution < -0.4 is 5.32 Å². The van der Waals surface area contributed by atoms with Crippen molar-refractivity contribution < 1.29 is 9.53 Å². The second kappa shape index (κ2) is 8.97. The van der Waals surface area contributed by atoms with Crippen molar-refractivity contribution in [2.75, 3.05) is 32.8 Å². The zero-order valence-electron chi connectivity index (χ0n) is 10.8. The number of hydrogen-bond acceptors (Lipinski definition) is 4. The highest BCUT2D eigenvalue weighted by molar-refractivity contribution is 5.85. The average molecular weight is 287 g/mol. The molecule has 4 nitrogen and oxygen atoms in total. The molecule has 0 atom stereocenters. The molecule has 0 aliphatic carbocycles. The Bertz CT molecular complexity index is 226. The third-order valence-corrected chi connectivity index (χ3v) is 2.86. The Hall–Kier alpha value is -0.0300. The van der Waals surface area contributed by atoms with Crippen LogP contribution in [0.25, 0.3) is 0 Å². The highest BCUT2D eigenvalue weighted by atomic mass is 35.5. The van der Waals surface area contributed by atoms with Gasteiger partial charge in [-0.05, 0) is 20.8 Å². The van der Waals surface area contributed by atoms with E-state index in [4.69, 9.17) is 4.74 Å². The van der Waals surface area contributed by atoms with Crippen LogP contribution in [-0.2, 0) is 9.53 Å². The van der Waals surface area contributed by atoms with E-state index in [1.54, 1.807) is 0 Å². The van der Waals surface area contributed by atoms with Gasteiger partial charge in [0.1, 0.15) is 0 Å². The minimum absolute atomic E-state index is 0. The highest BCUT2D eigenvalue weighted by Gasteiger charge is 2.29. The Morgan fingerprint density at radius 1 is 1.41 bits per heavy atom. The monoisotopic (exact) mass is 286 g/mol. The molecule has 0 radical (unpaired) electrons. The Labute approximate surface area is 116 Å². The summed E-state index contributed by atoms with van der Waals surface area (Å²) in [6.07, 6.45) is 0.497. The number of esters is 1. The second-order valence-corrected chi connectivity index (χ2v) is 4.53. The van der Waals surface area contributed by atoms with Crippen LogP contribution in [0.5, 0.6) is 0 Å². The largest absolute Gasteiger partial charge is 0.466 e. The third kappa shape index (κ3) is 6.46. The number of nitrogens with zero attached hydrogens (tertiary/aromatic N) is 1. The number of nitrogens with one attached hydrogen (secondary N) is 1. The van der Waals surface area contributed by atoms with Crippen LogP contribution >= 0.6 is 24.8 Å². The van der Waals surface area contributed by atoms with Crippen molar-refractivity contribution in [3.63, 3.8) is 0 Å². The smallest absolute Gasteiger partial charge is 0.307 e. The van der Waals surface area contributed by atoms with Crippen molar-refractivity contribution in [1.29, 1.82) is 0 Å². The molecule has 0 aromatic heterocycles. The van der Waals surface area contributed by atoms with E-state index in [0.717, 1.165) is 26.2 Å². The average Bonchev–Trinajstić information content (AvgIpc) is 2.16. The second-order valence-electron chi connectivity index (χ2n) is 4.53. The minimum atomic E-state index is -0.0909. The minimum Gasteiger partial charge on any atom is -0.466 e. The first-order chi connectivity index (χ1) is 7.06. The lowest BCUT2D eigenvalue weighted by atomic mass is 10.00. The fourth-order valence-electron chi connectivity index (χ4n) is 1.90. The molecule has 0 amide bonds. The maximum Gasteiger partial charge on any atom is 0.307 e. The first-order valence-corrected chi connectivity index (χ1v) is 5.67. The van der Waals surface area contributed by atoms with Crippen molar-refractivity contribution in [2.45, 2.75) is 32.7 Å². The highest BCUT2D eigenvalue weighted by Crippen LogP contribution is 2.16. The zero-order valence-corrected chi connectivity index (χ0v) is 12.5. The van der Waals surface area contributed by atoms with Crippen LogP contribution in [0.3, 0.4) is 0 Å². The van der Waals surface area contributed by atoms with Crippen molar-refractivity contribution in [3.8, 4) is 0 Å². The Balaban J connectivity index is 0. The molecule has 6 heteroatoms. The third-order valence-electron chi connectivity index (χ3n) is 2.86. The predicted octanol–water partition coefficient (Wildman–Crippen LogP) is 1.47. The molecule has 17 heavy (non-hydrogen) atoms. The molecule has 1 fully saturated rings. The van der Waals surface area contributed by atoms with E-state index >= 15 is 0 Å². The van der Waals surface area contributed by atoms with Crippen molar-refractivity contribution >= 4 is 30.8 Å². The van der Waals surface area contributed by atoms with E-state index in [0.29, 0.717) is 13.0 Å². The van der Waals surface area contributed by atoms with Gasteiger partial charge < -0.3 is 10.1 Å². The number of ether oxygens (including phenoxy) is 1. The molecular weight excluding hydrogens is 263 g/mol. The summed E-state index contributed by atoms with van der Waals surface area (Å²) < 4.78 is 4.92. The van der Waals surface area contributed by atoms with Crippen LogP contribution in [0.15, 0.2) is 0 Å². The first-order valence-electron chi connectivity index (χ1n) is 5.67. The van der Waals surface area contributed by atoms with Gasteiger partial charge in [0, 0.05) is 31.7 Å². The standard InChI is InChI=1S/C11H22N2O2.2ClH/c1-4-15-10(14)5-7-13-8-6-12-9-11(13,2)3;;/h12H,4-9H2,1-3H3;2*1H. The van der Waals surface area contributed by atoms with Crippen LogP contribution in [-0.4, -0.2) is 49.2 Å². The predicted molar refractivity (Wildman–Crippen MR) is 74.3 cm³/mol. The number of carbonyl (C=O) groups is 1. The van der Waals surface area contributed by atoms with Crippen LogP contribution in [0.1, 0.15) is 27.2 Å². The van der Waals surface area contributed by atoms with Gasteiger partial charge in [-0.3, -0.25) is 9.69 Å². The van der Waals surface area contributed by atoms with Gasteiger partial charge in [0.05, 0.1) is 13.0 Å². The van der Waals surface area contributed by atoms with Gasteiger partial charge in [0.25, 0.3) is 0 Å². The number of piperazine rings is 1. The molecule has 1 aliphatic heterocycles. The van der Waals surface area contributed by atoms with E-state index in [-0.39, 0.29) is 36.3 Å². The molecule has 104 valence electrons. The lowest BCUT2D eigenvalue weighted by Gasteiger charge is -2.42. The lowest BCUT2D eigenvalue weighted by molar-refractivity contribution is -0.143. The maximum atomic E-state index is 11.2. The molecule has 0 spiro atoms. The van der Waals surface area contributed by atoms with Gasteiger partial charge in [0.2, 0.25) is 0 Å². The molecule has 0 unspecified atom stereocenters. The Morgan fingerprint density at radius 2 is 2.06 bits per heavy atom. The number of rotatable bonds is 4. The van der Waals surface area contributed by atoms with E-state index in [1.165, 1.54) is 0 Å². The van der Waals surface area contributed by atoms with Crippen LogP contribution in [0, 0.1) is 0 Å². The van der Waals surface area contributed by atoms with Crippen molar-refractivity contribution in [3.05, 3.63) is 0 Å². The molecule has 0 aromatic carbocycles. The maximum absolute atomic E-state index is 11.2. The van der Waals surface area contributed by atoms with Gasteiger partial charge >= 0.3 is 5.97 Å². The molecule has 1 saturated heterocycles. The lowest BCUT2D eigenvalue weighted by Crippen LogP contribution is -2.58. The van der Waals surface area contributed by atoms with E-state index in [2.05, 4.69) is 24.1 Å². The first kappa shape index (κ1) is 19.3. The molecule has 1 aliphatic rings. The summed E-state index contributed by atoms with van der Waals surface area (Å²) >= 11 is 0. The van der Waals surface area contributed by atoms with Gasteiger partial charge in [-0.25, -0.2) is 0 Å². The zero-order chi connectivity index (χ0) is 11.3. The number of halogens is 2. The van der Waals surface area contributed by atoms with Crippen molar-refractivity contribution in [1.82, 2.24) is 10.2 Å². The SMILES string of the molecule is CCOC(=O)CCN1CCNCC1(C)C.Cl.Cl. The number of carbonyl (C=O) groups excluding carboxylic acids is 1. The van der Waals surface area contributed by atoms with Crippen LogP contribution in [0.2, 0.25) is 0 Å². The van der Waals surface area contributed by atoms with E-state index < -0.39 is 0 Å². The number of hydrogen-bond donors (Lipinski definition) is 1. The molecule has 0 bridgehead atoms. The van der Waals surface area contributed by atoms with Gasteiger partial charge in [-0.15, -0.1) is 24.8 Å². The van der Waals surface area contributed by atoms with Gasteiger partial charge in [0.15, 0.2) is 0 Å².